The van der Waals surface area contributed by atoms with Crippen LogP contribution in [0.4, 0.5) is 0 Å². The molecule has 0 amide bonds. The van der Waals surface area contributed by atoms with Crippen molar-refractivity contribution in [3.63, 3.8) is 0 Å². The zero-order valence-electron chi connectivity index (χ0n) is 9.48. The Morgan fingerprint density at radius 2 is 1.75 bits per heavy atom. The van der Waals surface area contributed by atoms with Crippen molar-refractivity contribution < 1.29 is 0 Å². The van der Waals surface area contributed by atoms with Gasteiger partial charge in [0.05, 0.1) is 0 Å². The molecule has 2 atom stereocenters. The maximum Gasteiger partial charge on any atom is -0.0357 e. The molecule has 0 saturated heterocycles. The highest BCUT2D eigenvalue weighted by Crippen LogP contribution is 2.29. The summed E-state index contributed by atoms with van der Waals surface area (Å²) in [6, 6.07) is 0. The van der Waals surface area contributed by atoms with Crippen molar-refractivity contribution in [2.45, 2.75) is 53.9 Å². The third-order valence-corrected chi connectivity index (χ3v) is 3.20. The van der Waals surface area contributed by atoms with Crippen LogP contribution in [0, 0.1) is 24.2 Å². The Hall–Kier alpha value is 0. The smallest absolute Gasteiger partial charge is 0.0357 e. The Bertz CT molecular complexity index is 111. The molecule has 0 heteroatoms. The van der Waals surface area contributed by atoms with E-state index < -0.39 is 0 Å². The first kappa shape index (κ1) is 12.0. The molecule has 0 heterocycles. The zero-order valence-corrected chi connectivity index (χ0v) is 9.48. The summed E-state index contributed by atoms with van der Waals surface area (Å²) in [5, 5.41) is 0. The highest BCUT2D eigenvalue weighted by Gasteiger charge is 2.17. The topological polar surface area (TPSA) is 0 Å². The number of hydrogen-bond acceptors (Lipinski definition) is 0. The Morgan fingerprint density at radius 3 is 2.08 bits per heavy atom. The predicted molar refractivity (Wildman–Crippen MR) is 57.0 cm³/mol. The van der Waals surface area contributed by atoms with Gasteiger partial charge in [-0.25, -0.2) is 0 Å². The van der Waals surface area contributed by atoms with Crippen LogP contribution in [0.2, 0.25) is 0 Å². The van der Waals surface area contributed by atoms with Gasteiger partial charge in [-0.3, -0.25) is 0 Å². The van der Waals surface area contributed by atoms with E-state index in [0.29, 0.717) is 11.3 Å². The van der Waals surface area contributed by atoms with Crippen LogP contribution in [0.3, 0.4) is 0 Å². The minimum absolute atomic E-state index is 0.531. The fourth-order valence-electron chi connectivity index (χ4n) is 1.08. The molecular formula is C12H25. The summed E-state index contributed by atoms with van der Waals surface area (Å²) in [4.78, 5) is 0. The van der Waals surface area contributed by atoms with Crippen LogP contribution in [0.15, 0.2) is 0 Å². The molecule has 0 nitrogen and oxygen atoms in total. The SMILES string of the molecule is [CH2]C(C)C(C)CCC(C)(C)CC. The van der Waals surface area contributed by atoms with Crippen molar-refractivity contribution in [1.29, 1.82) is 0 Å². The third-order valence-electron chi connectivity index (χ3n) is 3.20. The van der Waals surface area contributed by atoms with Crippen molar-refractivity contribution in [3.05, 3.63) is 6.92 Å². The predicted octanol–water partition coefficient (Wildman–Crippen LogP) is 4.31. The molecule has 0 spiro atoms. The van der Waals surface area contributed by atoms with Crippen LogP contribution in [0.25, 0.3) is 0 Å². The lowest BCUT2D eigenvalue weighted by atomic mass is 9.81. The quantitative estimate of drug-likeness (QED) is 0.575. The molecule has 0 fully saturated rings. The normalized spacial score (nSPS) is 15.2. The highest BCUT2D eigenvalue weighted by atomic mass is 14.2. The van der Waals surface area contributed by atoms with Gasteiger partial charge in [0.2, 0.25) is 0 Å². The molecule has 0 aromatic rings. The van der Waals surface area contributed by atoms with Crippen LogP contribution >= 0.6 is 0 Å². The Balaban J connectivity index is 3.67. The van der Waals surface area contributed by atoms with Crippen LogP contribution in [0.1, 0.15) is 53.9 Å². The third kappa shape index (κ3) is 4.79. The molecule has 73 valence electrons. The lowest BCUT2D eigenvalue weighted by molar-refractivity contribution is 0.271. The Morgan fingerprint density at radius 1 is 1.25 bits per heavy atom. The minimum Gasteiger partial charge on any atom is -0.0649 e. The van der Waals surface area contributed by atoms with E-state index in [1.54, 1.807) is 0 Å². The van der Waals surface area contributed by atoms with E-state index in [0.717, 1.165) is 5.92 Å². The highest BCUT2D eigenvalue weighted by molar-refractivity contribution is 4.70. The molecule has 0 saturated carbocycles. The van der Waals surface area contributed by atoms with Gasteiger partial charge in [-0.05, 0) is 30.1 Å². The van der Waals surface area contributed by atoms with Crippen LogP contribution in [0.5, 0.6) is 0 Å². The van der Waals surface area contributed by atoms with Gasteiger partial charge in [0.1, 0.15) is 0 Å². The van der Waals surface area contributed by atoms with E-state index in [9.17, 15) is 0 Å². The fourth-order valence-corrected chi connectivity index (χ4v) is 1.08. The van der Waals surface area contributed by atoms with Gasteiger partial charge < -0.3 is 0 Å². The molecule has 2 unspecified atom stereocenters. The van der Waals surface area contributed by atoms with Gasteiger partial charge in [-0.15, -0.1) is 0 Å². The number of hydrogen-bond donors (Lipinski definition) is 0. The van der Waals surface area contributed by atoms with Gasteiger partial charge >= 0.3 is 0 Å². The molecule has 1 radical (unpaired) electrons. The molecule has 0 aromatic carbocycles. The lowest BCUT2D eigenvalue weighted by Gasteiger charge is -2.25. The summed E-state index contributed by atoms with van der Waals surface area (Å²) in [6.07, 6.45) is 3.95. The monoisotopic (exact) mass is 169 g/mol. The van der Waals surface area contributed by atoms with E-state index in [2.05, 4.69) is 41.5 Å². The largest absolute Gasteiger partial charge is 0.0649 e. The maximum atomic E-state index is 4.06. The summed E-state index contributed by atoms with van der Waals surface area (Å²) in [6.45, 7) is 15.6. The summed E-state index contributed by atoms with van der Waals surface area (Å²) in [5.41, 5.74) is 0.531. The second-order valence-electron chi connectivity index (χ2n) is 5.01. The molecular weight excluding hydrogens is 144 g/mol. The van der Waals surface area contributed by atoms with Crippen molar-refractivity contribution in [1.82, 2.24) is 0 Å². The maximum absolute atomic E-state index is 4.06. The first-order valence-electron chi connectivity index (χ1n) is 5.22. The van der Waals surface area contributed by atoms with Gasteiger partial charge in [0.15, 0.2) is 0 Å². The minimum atomic E-state index is 0.531. The molecule has 0 bridgehead atoms. The molecule has 0 rings (SSSR count). The fraction of sp³-hybridized carbons (Fsp3) is 0.917. The second kappa shape index (κ2) is 4.89. The van der Waals surface area contributed by atoms with E-state index in [1.807, 2.05) is 0 Å². The van der Waals surface area contributed by atoms with Crippen molar-refractivity contribution in [2.75, 3.05) is 0 Å². The van der Waals surface area contributed by atoms with Crippen LogP contribution in [-0.2, 0) is 0 Å². The van der Waals surface area contributed by atoms with Gasteiger partial charge in [0.25, 0.3) is 0 Å². The van der Waals surface area contributed by atoms with Crippen LogP contribution in [-0.4, -0.2) is 0 Å². The van der Waals surface area contributed by atoms with E-state index in [-0.39, 0.29) is 0 Å². The van der Waals surface area contributed by atoms with Crippen molar-refractivity contribution in [2.24, 2.45) is 17.3 Å². The Kier molecular flexibility index (Phi) is 4.89. The van der Waals surface area contributed by atoms with Crippen molar-refractivity contribution >= 4 is 0 Å². The summed E-state index contributed by atoms with van der Waals surface area (Å²) < 4.78 is 0. The van der Waals surface area contributed by atoms with Crippen molar-refractivity contribution in [3.8, 4) is 0 Å². The van der Waals surface area contributed by atoms with E-state index in [1.165, 1.54) is 19.3 Å². The van der Waals surface area contributed by atoms with E-state index >= 15 is 0 Å². The van der Waals surface area contributed by atoms with Gasteiger partial charge in [0, 0.05) is 0 Å². The lowest BCUT2D eigenvalue weighted by Crippen LogP contribution is -2.13. The van der Waals surface area contributed by atoms with Gasteiger partial charge in [-0.1, -0.05) is 48.0 Å². The number of rotatable bonds is 5. The zero-order chi connectivity index (χ0) is 9.78. The molecule has 0 aliphatic carbocycles. The molecule has 0 aliphatic heterocycles. The summed E-state index contributed by atoms with van der Waals surface area (Å²) in [5.74, 6) is 1.37. The average molecular weight is 169 g/mol. The van der Waals surface area contributed by atoms with E-state index in [4.69, 9.17) is 0 Å². The van der Waals surface area contributed by atoms with Gasteiger partial charge in [-0.2, -0.15) is 0 Å². The average Bonchev–Trinajstić information content (AvgIpc) is 2.00. The first-order valence-corrected chi connectivity index (χ1v) is 5.22. The molecule has 12 heavy (non-hydrogen) atoms. The molecule has 0 aliphatic rings. The molecule has 0 N–H and O–H groups in total. The molecule has 0 aromatic heterocycles. The standard InChI is InChI=1S/C12H25/c1-7-12(5,6)9-8-11(4)10(2)3/h10-11H,2,7-9H2,1,3-6H3. The first-order chi connectivity index (χ1) is 5.39. The van der Waals surface area contributed by atoms with Crippen LogP contribution < -0.4 is 0 Å². The summed E-state index contributed by atoms with van der Waals surface area (Å²) >= 11 is 0. The second-order valence-corrected chi connectivity index (χ2v) is 5.01. The Labute approximate surface area is 78.8 Å². The summed E-state index contributed by atoms with van der Waals surface area (Å²) in [7, 11) is 0.